The molecule has 0 fully saturated rings. The fourth-order valence-corrected chi connectivity index (χ4v) is 3.80. The Morgan fingerprint density at radius 2 is 1.31 bits per heavy atom. The van der Waals surface area contributed by atoms with Gasteiger partial charge in [-0.3, -0.25) is 0 Å². The number of nitrogens with two attached hydrogens (primary N) is 1. The van der Waals surface area contributed by atoms with E-state index in [4.69, 9.17) is 15.2 Å². The topological polar surface area (TPSA) is 64.7 Å². The molecule has 3 N–H and O–H groups in total. The van der Waals surface area contributed by atoms with Crippen LogP contribution in [-0.4, -0.2) is 25.4 Å². The van der Waals surface area contributed by atoms with E-state index >= 15 is 0 Å². The molecule has 0 aliphatic carbocycles. The smallest absolute Gasteiger partial charge is 0.137 e. The standard InChI is InChI=1S/C25H29NO3/c1-17-10-12-22(28-3)20(14-17)25(27,21-15-18(2)11-13-23(21)29-4)24(26)16-19-8-6-5-7-9-19/h5-15,24,27H,16,26H2,1-4H3. The maximum absolute atomic E-state index is 12.3. The minimum absolute atomic E-state index is 0.492. The monoisotopic (exact) mass is 391 g/mol. The van der Waals surface area contributed by atoms with Gasteiger partial charge in [0.05, 0.1) is 14.2 Å². The Bertz CT molecular complexity index is 916. The first kappa shape index (κ1) is 20.9. The van der Waals surface area contributed by atoms with Crippen LogP contribution in [0, 0.1) is 13.8 Å². The lowest BCUT2D eigenvalue weighted by molar-refractivity contribution is 0.0466. The fraction of sp³-hybridized carbons (Fsp3) is 0.280. The molecule has 0 saturated heterocycles. The zero-order valence-electron chi connectivity index (χ0n) is 17.5. The van der Waals surface area contributed by atoms with Crippen LogP contribution in [0.4, 0.5) is 0 Å². The Kier molecular flexibility index (Phi) is 6.26. The van der Waals surface area contributed by atoms with E-state index in [2.05, 4.69) is 0 Å². The molecule has 0 spiro atoms. The van der Waals surface area contributed by atoms with Crippen LogP contribution in [0.5, 0.6) is 11.5 Å². The average Bonchev–Trinajstić information content (AvgIpc) is 2.73. The highest BCUT2D eigenvalue weighted by atomic mass is 16.5. The highest BCUT2D eigenvalue weighted by Crippen LogP contribution is 2.43. The summed E-state index contributed by atoms with van der Waals surface area (Å²) in [5.74, 6) is 1.18. The van der Waals surface area contributed by atoms with Crippen LogP contribution < -0.4 is 15.2 Å². The van der Waals surface area contributed by atoms with E-state index in [0.29, 0.717) is 29.0 Å². The van der Waals surface area contributed by atoms with Crippen LogP contribution in [0.1, 0.15) is 27.8 Å². The summed E-state index contributed by atoms with van der Waals surface area (Å²) in [6.45, 7) is 3.97. The minimum Gasteiger partial charge on any atom is -0.496 e. The zero-order valence-corrected chi connectivity index (χ0v) is 17.5. The van der Waals surface area contributed by atoms with Crippen molar-refractivity contribution in [2.75, 3.05) is 14.2 Å². The first-order valence-corrected chi connectivity index (χ1v) is 9.72. The molecule has 3 rings (SSSR count). The number of rotatable bonds is 7. The molecule has 0 heterocycles. The van der Waals surface area contributed by atoms with Crippen molar-refractivity contribution in [1.29, 1.82) is 0 Å². The SMILES string of the molecule is COc1ccc(C)cc1C(O)(c1cc(C)ccc1OC)C(N)Cc1ccccc1. The summed E-state index contributed by atoms with van der Waals surface area (Å²) in [5.41, 5.74) is 9.56. The van der Waals surface area contributed by atoms with Crippen LogP contribution in [-0.2, 0) is 12.0 Å². The summed E-state index contributed by atoms with van der Waals surface area (Å²) in [6, 6.07) is 20.8. The predicted molar refractivity (Wildman–Crippen MR) is 117 cm³/mol. The largest absolute Gasteiger partial charge is 0.496 e. The molecule has 0 radical (unpaired) electrons. The lowest BCUT2D eigenvalue weighted by Gasteiger charge is -2.37. The van der Waals surface area contributed by atoms with E-state index in [0.717, 1.165) is 16.7 Å². The molecule has 0 saturated carbocycles. The predicted octanol–water partition coefficient (Wildman–Crippen LogP) is 4.13. The third-order valence-electron chi connectivity index (χ3n) is 5.37. The maximum atomic E-state index is 12.3. The van der Waals surface area contributed by atoms with Gasteiger partial charge in [0.15, 0.2) is 0 Å². The molecule has 0 bridgehead atoms. The van der Waals surface area contributed by atoms with Gasteiger partial charge in [-0.15, -0.1) is 0 Å². The molecule has 0 aliphatic heterocycles. The quantitative estimate of drug-likeness (QED) is 0.636. The van der Waals surface area contributed by atoms with Crippen molar-refractivity contribution in [1.82, 2.24) is 0 Å². The van der Waals surface area contributed by atoms with E-state index in [1.807, 2.05) is 80.6 Å². The maximum Gasteiger partial charge on any atom is 0.137 e. The number of benzene rings is 3. The third kappa shape index (κ3) is 4.14. The lowest BCUT2D eigenvalue weighted by atomic mass is 9.76. The number of aryl methyl sites for hydroxylation is 2. The average molecular weight is 392 g/mol. The Labute approximate surface area is 172 Å². The van der Waals surface area contributed by atoms with Crippen LogP contribution in [0.2, 0.25) is 0 Å². The van der Waals surface area contributed by atoms with Crippen molar-refractivity contribution in [3.8, 4) is 11.5 Å². The lowest BCUT2D eigenvalue weighted by Crippen LogP contribution is -2.48. The van der Waals surface area contributed by atoms with Crippen LogP contribution >= 0.6 is 0 Å². The molecule has 0 aliphatic rings. The summed E-state index contributed by atoms with van der Waals surface area (Å²) < 4.78 is 11.2. The highest BCUT2D eigenvalue weighted by molar-refractivity contribution is 5.53. The normalized spacial score (nSPS) is 12.5. The molecule has 29 heavy (non-hydrogen) atoms. The molecule has 4 heteroatoms. The van der Waals surface area contributed by atoms with Gasteiger partial charge in [0.2, 0.25) is 0 Å². The third-order valence-corrected chi connectivity index (χ3v) is 5.37. The number of methoxy groups -OCH3 is 2. The molecule has 3 aromatic rings. The molecule has 152 valence electrons. The van der Waals surface area contributed by atoms with E-state index < -0.39 is 11.6 Å². The van der Waals surface area contributed by atoms with Crippen LogP contribution in [0.3, 0.4) is 0 Å². The fourth-order valence-electron chi connectivity index (χ4n) is 3.80. The van der Waals surface area contributed by atoms with Gasteiger partial charge in [-0.25, -0.2) is 0 Å². The van der Waals surface area contributed by atoms with Crippen LogP contribution in [0.25, 0.3) is 0 Å². The molecule has 0 aromatic heterocycles. The summed E-state index contributed by atoms with van der Waals surface area (Å²) >= 11 is 0. The van der Waals surface area contributed by atoms with Crippen molar-refractivity contribution in [3.05, 3.63) is 94.5 Å². The molecular formula is C25H29NO3. The Morgan fingerprint density at radius 3 is 1.76 bits per heavy atom. The second-order valence-electron chi connectivity index (χ2n) is 7.47. The zero-order chi connectivity index (χ0) is 21.0. The summed E-state index contributed by atoms with van der Waals surface area (Å²) in [6.07, 6.45) is 0.492. The van der Waals surface area contributed by atoms with Gasteiger partial charge < -0.3 is 20.3 Å². The van der Waals surface area contributed by atoms with Gasteiger partial charge in [0, 0.05) is 17.2 Å². The van der Waals surface area contributed by atoms with Crippen LogP contribution in [0.15, 0.2) is 66.7 Å². The van der Waals surface area contributed by atoms with Crippen molar-refractivity contribution < 1.29 is 14.6 Å². The molecule has 4 nitrogen and oxygen atoms in total. The Morgan fingerprint density at radius 1 is 0.828 bits per heavy atom. The molecule has 0 amide bonds. The summed E-state index contributed by atoms with van der Waals surface area (Å²) in [4.78, 5) is 0. The number of hydrogen-bond donors (Lipinski definition) is 2. The molecule has 1 atom stereocenters. The van der Waals surface area contributed by atoms with Gasteiger partial charge in [-0.05, 0) is 50.1 Å². The van der Waals surface area contributed by atoms with Gasteiger partial charge in [0.25, 0.3) is 0 Å². The molecule has 3 aromatic carbocycles. The second-order valence-corrected chi connectivity index (χ2v) is 7.47. The van der Waals surface area contributed by atoms with Crippen molar-refractivity contribution in [3.63, 3.8) is 0 Å². The Hall–Kier alpha value is -2.82. The number of ether oxygens (including phenoxy) is 2. The summed E-state index contributed by atoms with van der Waals surface area (Å²) in [5, 5.41) is 12.3. The molecular weight excluding hydrogens is 362 g/mol. The van der Waals surface area contributed by atoms with Crippen molar-refractivity contribution in [2.45, 2.75) is 31.9 Å². The van der Waals surface area contributed by atoms with E-state index in [-0.39, 0.29) is 0 Å². The van der Waals surface area contributed by atoms with E-state index in [1.165, 1.54) is 0 Å². The first-order valence-electron chi connectivity index (χ1n) is 9.72. The van der Waals surface area contributed by atoms with Gasteiger partial charge in [-0.2, -0.15) is 0 Å². The Balaban J connectivity index is 2.24. The number of hydrogen-bond acceptors (Lipinski definition) is 4. The first-order chi connectivity index (χ1) is 13.9. The molecule has 1 unspecified atom stereocenters. The van der Waals surface area contributed by atoms with E-state index in [1.54, 1.807) is 14.2 Å². The van der Waals surface area contributed by atoms with E-state index in [9.17, 15) is 5.11 Å². The van der Waals surface area contributed by atoms with Gasteiger partial charge in [0.1, 0.15) is 17.1 Å². The van der Waals surface area contributed by atoms with Gasteiger partial charge in [-0.1, -0.05) is 53.6 Å². The summed E-state index contributed by atoms with van der Waals surface area (Å²) in [7, 11) is 3.20. The number of aliphatic hydroxyl groups is 1. The minimum atomic E-state index is -1.51. The van der Waals surface area contributed by atoms with Crippen molar-refractivity contribution in [2.24, 2.45) is 5.73 Å². The second kappa shape index (κ2) is 8.68. The highest BCUT2D eigenvalue weighted by Gasteiger charge is 2.42. The van der Waals surface area contributed by atoms with Crippen molar-refractivity contribution >= 4 is 0 Å². The van der Waals surface area contributed by atoms with Gasteiger partial charge >= 0.3 is 0 Å².